The van der Waals surface area contributed by atoms with Gasteiger partial charge in [-0.15, -0.1) is 0 Å². The Labute approximate surface area is 104 Å². The average molecular weight is 244 g/mol. The number of ether oxygens (including phenoxy) is 3. The van der Waals surface area contributed by atoms with E-state index in [0.717, 1.165) is 12.8 Å². The lowest BCUT2D eigenvalue weighted by molar-refractivity contribution is -0.227. The zero-order chi connectivity index (χ0) is 12.5. The van der Waals surface area contributed by atoms with Crippen molar-refractivity contribution < 1.29 is 19.0 Å². The van der Waals surface area contributed by atoms with Gasteiger partial charge in [-0.05, 0) is 19.8 Å². The molecule has 0 N–H and O–H groups in total. The second-order valence-electron chi connectivity index (χ2n) is 4.58. The Bertz CT molecular complexity index is 209. The van der Waals surface area contributed by atoms with Crippen molar-refractivity contribution in [1.82, 2.24) is 0 Å². The van der Waals surface area contributed by atoms with Crippen molar-refractivity contribution in [2.24, 2.45) is 0 Å². The van der Waals surface area contributed by atoms with E-state index in [1.807, 2.05) is 0 Å². The highest BCUT2D eigenvalue weighted by atomic mass is 16.7. The minimum atomic E-state index is -0.0919. The van der Waals surface area contributed by atoms with Gasteiger partial charge in [0.15, 0.2) is 12.1 Å². The van der Waals surface area contributed by atoms with Crippen molar-refractivity contribution in [3.05, 3.63) is 0 Å². The van der Waals surface area contributed by atoms with Crippen LogP contribution in [-0.4, -0.2) is 38.0 Å². The van der Waals surface area contributed by atoms with Gasteiger partial charge in [0.1, 0.15) is 12.7 Å². The molecule has 1 aliphatic heterocycles. The predicted molar refractivity (Wildman–Crippen MR) is 64.9 cm³/mol. The Morgan fingerprint density at radius 1 is 1.24 bits per heavy atom. The van der Waals surface area contributed by atoms with E-state index in [1.165, 1.54) is 26.2 Å². The van der Waals surface area contributed by atoms with Gasteiger partial charge in [0.05, 0.1) is 13.2 Å². The normalized spacial score (nSPS) is 24.8. The van der Waals surface area contributed by atoms with Gasteiger partial charge in [-0.1, -0.05) is 26.2 Å². The summed E-state index contributed by atoms with van der Waals surface area (Å²) in [4.78, 5) is 10.7. The van der Waals surface area contributed by atoms with E-state index < -0.39 is 0 Å². The first-order valence-electron chi connectivity index (χ1n) is 6.56. The first-order chi connectivity index (χ1) is 8.22. The highest BCUT2D eigenvalue weighted by Crippen LogP contribution is 2.15. The highest BCUT2D eigenvalue weighted by Gasteiger charge is 2.22. The topological polar surface area (TPSA) is 44.8 Å². The quantitative estimate of drug-likeness (QED) is 0.615. The van der Waals surface area contributed by atoms with E-state index in [2.05, 4.69) is 6.92 Å². The molecular formula is C13H24O4. The number of carbonyl (C=O) groups is 1. The molecule has 1 rings (SSSR count). The summed E-state index contributed by atoms with van der Waals surface area (Å²) in [6, 6.07) is 0. The molecule has 0 spiro atoms. The van der Waals surface area contributed by atoms with Crippen LogP contribution in [0.2, 0.25) is 0 Å². The number of hydrogen-bond donors (Lipinski definition) is 0. The van der Waals surface area contributed by atoms with Crippen LogP contribution in [0.25, 0.3) is 0 Å². The molecule has 0 unspecified atom stereocenters. The monoisotopic (exact) mass is 244 g/mol. The molecule has 1 aliphatic rings. The molecule has 1 saturated heterocycles. The summed E-state index contributed by atoms with van der Waals surface area (Å²) < 4.78 is 16.4. The summed E-state index contributed by atoms with van der Waals surface area (Å²) >= 11 is 0. The lowest BCUT2D eigenvalue weighted by Gasteiger charge is -2.29. The molecule has 1 heterocycles. The lowest BCUT2D eigenvalue weighted by atomic mass is 10.1. The van der Waals surface area contributed by atoms with Crippen LogP contribution in [0, 0.1) is 0 Å². The fraction of sp³-hybridized carbons (Fsp3) is 0.923. The van der Waals surface area contributed by atoms with E-state index in [1.54, 1.807) is 0 Å². The molecule has 0 aliphatic carbocycles. The SMILES string of the molecule is CCCCCCC1OCC(OCC(C)=O)CO1. The molecule has 0 radical (unpaired) electrons. The van der Waals surface area contributed by atoms with Gasteiger partial charge in [-0.3, -0.25) is 4.79 Å². The van der Waals surface area contributed by atoms with Crippen LogP contribution < -0.4 is 0 Å². The van der Waals surface area contributed by atoms with Gasteiger partial charge in [-0.25, -0.2) is 0 Å². The predicted octanol–water partition coefficient (Wildman–Crippen LogP) is 2.30. The summed E-state index contributed by atoms with van der Waals surface area (Å²) in [5.74, 6) is 0.0340. The maximum absolute atomic E-state index is 10.7. The molecule has 1 fully saturated rings. The molecule has 4 nitrogen and oxygen atoms in total. The van der Waals surface area contributed by atoms with E-state index in [0.29, 0.717) is 13.2 Å². The number of carbonyl (C=O) groups excluding carboxylic acids is 1. The lowest BCUT2D eigenvalue weighted by Crippen LogP contribution is -2.38. The fourth-order valence-electron chi connectivity index (χ4n) is 1.76. The highest BCUT2D eigenvalue weighted by molar-refractivity contribution is 5.76. The van der Waals surface area contributed by atoms with Crippen molar-refractivity contribution in [3.8, 4) is 0 Å². The minimum absolute atomic E-state index is 0.0340. The van der Waals surface area contributed by atoms with Gasteiger partial charge >= 0.3 is 0 Å². The van der Waals surface area contributed by atoms with E-state index in [-0.39, 0.29) is 24.8 Å². The fourth-order valence-corrected chi connectivity index (χ4v) is 1.76. The molecular weight excluding hydrogens is 220 g/mol. The third kappa shape index (κ3) is 6.76. The van der Waals surface area contributed by atoms with Gasteiger partial charge in [0.2, 0.25) is 0 Å². The van der Waals surface area contributed by atoms with Gasteiger partial charge in [0.25, 0.3) is 0 Å². The second-order valence-corrected chi connectivity index (χ2v) is 4.58. The standard InChI is InChI=1S/C13H24O4/c1-3-4-5-6-7-13-16-9-12(10-17-13)15-8-11(2)14/h12-13H,3-10H2,1-2H3. The summed E-state index contributed by atoms with van der Waals surface area (Å²) in [5, 5.41) is 0. The van der Waals surface area contributed by atoms with E-state index in [9.17, 15) is 4.79 Å². The Morgan fingerprint density at radius 3 is 2.53 bits per heavy atom. The molecule has 0 saturated carbocycles. The van der Waals surface area contributed by atoms with Crippen LogP contribution in [0.15, 0.2) is 0 Å². The summed E-state index contributed by atoms with van der Waals surface area (Å²) in [7, 11) is 0. The molecule has 0 amide bonds. The number of hydrogen-bond acceptors (Lipinski definition) is 4. The van der Waals surface area contributed by atoms with E-state index in [4.69, 9.17) is 14.2 Å². The van der Waals surface area contributed by atoms with Gasteiger partial charge in [-0.2, -0.15) is 0 Å². The Hall–Kier alpha value is -0.450. The molecule has 0 atom stereocenters. The minimum Gasteiger partial charge on any atom is -0.366 e. The van der Waals surface area contributed by atoms with Crippen molar-refractivity contribution in [3.63, 3.8) is 0 Å². The van der Waals surface area contributed by atoms with Crippen LogP contribution >= 0.6 is 0 Å². The number of Topliss-reactive ketones (excluding diaryl/α,β-unsaturated/α-hetero) is 1. The molecule has 0 bridgehead atoms. The van der Waals surface area contributed by atoms with Crippen molar-refractivity contribution in [2.75, 3.05) is 19.8 Å². The zero-order valence-corrected chi connectivity index (χ0v) is 10.9. The van der Waals surface area contributed by atoms with Crippen LogP contribution in [0.5, 0.6) is 0 Å². The van der Waals surface area contributed by atoms with Crippen LogP contribution in [0.1, 0.15) is 46.0 Å². The summed E-state index contributed by atoms with van der Waals surface area (Å²) in [5.41, 5.74) is 0. The Morgan fingerprint density at radius 2 is 1.94 bits per heavy atom. The molecule has 0 aromatic heterocycles. The Kier molecular flexibility index (Phi) is 7.40. The Balaban J connectivity index is 2.03. The van der Waals surface area contributed by atoms with Crippen molar-refractivity contribution in [1.29, 1.82) is 0 Å². The average Bonchev–Trinajstić information content (AvgIpc) is 2.33. The summed E-state index contributed by atoms with van der Waals surface area (Å²) in [6.45, 7) is 4.93. The van der Waals surface area contributed by atoms with Crippen molar-refractivity contribution in [2.45, 2.75) is 58.3 Å². The van der Waals surface area contributed by atoms with Gasteiger partial charge < -0.3 is 14.2 Å². The van der Waals surface area contributed by atoms with E-state index >= 15 is 0 Å². The number of unbranched alkanes of at least 4 members (excludes halogenated alkanes) is 3. The summed E-state index contributed by atoms with van der Waals surface area (Å²) in [6.07, 6.45) is 5.69. The molecule has 4 heteroatoms. The van der Waals surface area contributed by atoms with Gasteiger partial charge in [0, 0.05) is 0 Å². The third-order valence-electron chi connectivity index (χ3n) is 2.75. The molecule has 0 aromatic carbocycles. The third-order valence-corrected chi connectivity index (χ3v) is 2.75. The molecule has 100 valence electrons. The van der Waals surface area contributed by atoms with Crippen LogP contribution in [-0.2, 0) is 19.0 Å². The maximum atomic E-state index is 10.7. The number of rotatable bonds is 8. The maximum Gasteiger partial charge on any atom is 0.157 e. The molecule has 17 heavy (non-hydrogen) atoms. The number of ketones is 1. The smallest absolute Gasteiger partial charge is 0.157 e. The van der Waals surface area contributed by atoms with Crippen LogP contribution in [0.3, 0.4) is 0 Å². The zero-order valence-electron chi connectivity index (χ0n) is 10.9. The van der Waals surface area contributed by atoms with Crippen molar-refractivity contribution >= 4 is 5.78 Å². The van der Waals surface area contributed by atoms with Crippen LogP contribution in [0.4, 0.5) is 0 Å². The first kappa shape index (κ1) is 14.6. The molecule has 0 aromatic rings. The second kappa shape index (κ2) is 8.61. The first-order valence-corrected chi connectivity index (χ1v) is 6.56. The largest absolute Gasteiger partial charge is 0.366 e.